The molecule has 152 valence electrons. The molecule has 0 radical (unpaired) electrons. The van der Waals surface area contributed by atoms with Gasteiger partial charge in [0.25, 0.3) is 0 Å². The smallest absolute Gasteiger partial charge is 0.311 e. The fraction of sp³-hybridized carbons (Fsp3) is 0.565. The zero-order valence-corrected chi connectivity index (χ0v) is 17.5. The second kappa shape index (κ2) is 8.91. The summed E-state index contributed by atoms with van der Waals surface area (Å²) in [5.74, 6) is 1.30. The van der Waals surface area contributed by atoms with E-state index in [4.69, 9.17) is 14.5 Å². The monoisotopic (exact) mass is 384 g/mol. The van der Waals surface area contributed by atoms with Gasteiger partial charge >= 0.3 is 5.97 Å². The number of ether oxygens (including phenoxy) is 2. The Morgan fingerprint density at radius 1 is 1.21 bits per heavy atom. The fourth-order valence-corrected chi connectivity index (χ4v) is 4.33. The van der Waals surface area contributed by atoms with Gasteiger partial charge in [-0.15, -0.1) is 0 Å². The zero-order valence-electron chi connectivity index (χ0n) is 17.5. The van der Waals surface area contributed by atoms with Gasteiger partial charge in [-0.2, -0.15) is 0 Å². The van der Waals surface area contributed by atoms with Gasteiger partial charge in [0, 0.05) is 18.7 Å². The molecule has 0 N–H and O–H groups in total. The summed E-state index contributed by atoms with van der Waals surface area (Å²) in [5, 5.41) is 0. The number of esters is 1. The molecule has 0 spiro atoms. The van der Waals surface area contributed by atoms with E-state index in [1.165, 1.54) is 7.11 Å². The van der Waals surface area contributed by atoms with Gasteiger partial charge in [0.2, 0.25) is 0 Å². The Hall–Kier alpha value is -2.14. The first-order chi connectivity index (χ1) is 13.5. The highest BCUT2D eigenvalue weighted by atomic mass is 16.5. The van der Waals surface area contributed by atoms with Gasteiger partial charge in [-0.05, 0) is 25.2 Å². The molecular weight excluding hydrogens is 352 g/mol. The fourth-order valence-electron chi connectivity index (χ4n) is 4.33. The van der Waals surface area contributed by atoms with Crippen LogP contribution in [0.25, 0.3) is 0 Å². The van der Waals surface area contributed by atoms with Crippen LogP contribution in [0.4, 0.5) is 0 Å². The maximum absolute atomic E-state index is 12.5. The predicted octanol–water partition coefficient (Wildman–Crippen LogP) is 3.54. The van der Waals surface area contributed by atoms with Crippen molar-refractivity contribution < 1.29 is 14.3 Å². The lowest BCUT2D eigenvalue weighted by Crippen LogP contribution is -2.60. The molecule has 1 aromatic carbocycles. The van der Waals surface area contributed by atoms with Crippen LogP contribution in [0.2, 0.25) is 0 Å². The highest BCUT2D eigenvalue weighted by Gasteiger charge is 2.47. The molecule has 1 saturated heterocycles. The Labute approximate surface area is 168 Å². The van der Waals surface area contributed by atoms with Gasteiger partial charge in [-0.25, -0.2) is 0 Å². The van der Waals surface area contributed by atoms with Gasteiger partial charge in [-0.1, -0.05) is 56.3 Å². The largest absolute Gasteiger partial charge is 0.469 e. The number of hydrogen-bond donors (Lipinski definition) is 0. The third-order valence-electron chi connectivity index (χ3n) is 6.05. The minimum atomic E-state index is -0.162. The Balaban J connectivity index is 2.06. The van der Waals surface area contributed by atoms with Gasteiger partial charge in [0.15, 0.2) is 0 Å². The molecule has 28 heavy (non-hydrogen) atoms. The normalized spacial score (nSPS) is 27.9. The van der Waals surface area contributed by atoms with Crippen LogP contribution in [0, 0.1) is 17.8 Å². The van der Waals surface area contributed by atoms with E-state index in [1.807, 2.05) is 18.2 Å². The molecule has 1 aliphatic carbocycles. The van der Waals surface area contributed by atoms with Crippen LogP contribution in [0.15, 0.2) is 47.5 Å². The van der Waals surface area contributed by atoms with Crippen LogP contribution in [-0.4, -0.2) is 55.7 Å². The molecule has 4 rings (SSSR count). The summed E-state index contributed by atoms with van der Waals surface area (Å²) in [6.45, 7) is 7.13. The van der Waals surface area contributed by atoms with Gasteiger partial charge in [0.05, 0.1) is 31.7 Å². The Morgan fingerprint density at radius 2 is 1.93 bits per heavy atom. The minimum absolute atomic E-state index is 0.0400. The maximum Gasteiger partial charge on any atom is 0.311 e. The number of carbonyl (C=O) groups excluding carboxylic acids is 1. The highest BCUT2D eigenvalue weighted by Crippen LogP contribution is 2.40. The molecule has 2 bridgehead atoms. The van der Waals surface area contributed by atoms with Crippen molar-refractivity contribution >= 4 is 11.8 Å². The van der Waals surface area contributed by atoms with Crippen molar-refractivity contribution in [1.29, 1.82) is 0 Å². The summed E-state index contributed by atoms with van der Waals surface area (Å²) in [7, 11) is 3.19. The topological polar surface area (TPSA) is 51.1 Å². The summed E-state index contributed by atoms with van der Waals surface area (Å²) in [4.78, 5) is 20.0. The van der Waals surface area contributed by atoms with Crippen molar-refractivity contribution in [1.82, 2.24) is 4.90 Å². The number of fused-ring (bicyclic) bond motifs is 2. The Bertz CT molecular complexity index is 729. The Kier molecular flexibility index (Phi) is 6.55. The molecule has 0 saturated carbocycles. The molecule has 3 aliphatic rings. The summed E-state index contributed by atoms with van der Waals surface area (Å²) in [6, 6.07) is 10.5. The predicted molar refractivity (Wildman–Crippen MR) is 111 cm³/mol. The minimum Gasteiger partial charge on any atom is -0.469 e. The average molecular weight is 385 g/mol. The number of hydrogen-bond acceptors (Lipinski definition) is 4. The van der Waals surface area contributed by atoms with E-state index in [0.717, 1.165) is 17.8 Å². The third-order valence-corrected chi connectivity index (χ3v) is 6.05. The molecule has 5 heteroatoms. The van der Waals surface area contributed by atoms with E-state index in [2.05, 4.69) is 50.0 Å². The van der Waals surface area contributed by atoms with Gasteiger partial charge < -0.3 is 14.4 Å². The molecule has 0 aromatic heterocycles. The van der Waals surface area contributed by atoms with Crippen molar-refractivity contribution in [2.75, 3.05) is 20.8 Å². The number of amidine groups is 1. The van der Waals surface area contributed by atoms with Crippen molar-refractivity contribution in [2.45, 2.75) is 45.3 Å². The standard InChI is InChI=1S/C23H32N2O3/c1-15(2)20(14-27-4)24-22(17-9-7-6-8-10-17)25-16(3)18-11-12-21(25)19(13-18)23(26)28-5/h6-12,15-16,18-21H,13-14H2,1-5H3/t16-,18-,19+,20-,21+/m1/s1. The first-order valence-electron chi connectivity index (χ1n) is 10.1. The number of aliphatic imine (C=N–C) groups is 1. The number of carbonyl (C=O) groups is 1. The van der Waals surface area contributed by atoms with Gasteiger partial charge in [0.1, 0.15) is 5.84 Å². The molecule has 2 aliphatic heterocycles. The van der Waals surface area contributed by atoms with E-state index >= 15 is 0 Å². The molecule has 1 aromatic rings. The first-order valence-corrected chi connectivity index (χ1v) is 10.1. The lowest BCUT2D eigenvalue weighted by molar-refractivity contribution is -0.149. The average Bonchev–Trinajstić information content (AvgIpc) is 2.72. The van der Waals surface area contributed by atoms with Crippen molar-refractivity contribution in [3.63, 3.8) is 0 Å². The van der Waals surface area contributed by atoms with Crippen LogP contribution in [0.5, 0.6) is 0 Å². The van der Waals surface area contributed by atoms with Gasteiger partial charge in [-0.3, -0.25) is 9.79 Å². The lowest BCUT2D eigenvalue weighted by atomic mass is 9.73. The molecule has 5 atom stereocenters. The number of benzene rings is 1. The summed E-state index contributed by atoms with van der Waals surface area (Å²) in [6.07, 6.45) is 5.25. The van der Waals surface area contributed by atoms with E-state index in [0.29, 0.717) is 18.4 Å². The number of rotatable bonds is 6. The molecule has 2 heterocycles. The summed E-state index contributed by atoms with van der Waals surface area (Å²) >= 11 is 0. The Morgan fingerprint density at radius 3 is 2.54 bits per heavy atom. The van der Waals surface area contributed by atoms with Crippen molar-refractivity contribution in [3.05, 3.63) is 48.0 Å². The zero-order chi connectivity index (χ0) is 20.3. The van der Waals surface area contributed by atoms with Crippen molar-refractivity contribution in [2.24, 2.45) is 22.7 Å². The number of methoxy groups -OCH3 is 2. The molecule has 1 fully saturated rings. The van der Waals surface area contributed by atoms with Crippen LogP contribution in [0.1, 0.15) is 32.8 Å². The number of nitrogens with zero attached hydrogens (tertiary/aromatic N) is 2. The molecule has 5 nitrogen and oxygen atoms in total. The highest BCUT2D eigenvalue weighted by molar-refractivity contribution is 6.00. The number of piperidine rings is 1. The van der Waals surface area contributed by atoms with Crippen molar-refractivity contribution in [3.8, 4) is 0 Å². The third kappa shape index (κ3) is 4.00. The molecule has 0 amide bonds. The molecule has 0 unspecified atom stereocenters. The second-order valence-electron chi connectivity index (χ2n) is 8.14. The summed E-state index contributed by atoms with van der Waals surface area (Å²) in [5.41, 5.74) is 1.07. The van der Waals surface area contributed by atoms with E-state index in [9.17, 15) is 4.79 Å². The van der Waals surface area contributed by atoms with E-state index in [-0.39, 0.29) is 30.0 Å². The van der Waals surface area contributed by atoms with E-state index < -0.39 is 0 Å². The SMILES string of the molecule is COC[C@@H](N=C(c1ccccc1)N1[C@H](C)[C@@H]2C=C[C@H]1[C@@H](C(=O)OC)C2)C(C)C. The maximum atomic E-state index is 12.5. The van der Waals surface area contributed by atoms with Crippen LogP contribution in [0.3, 0.4) is 0 Å². The quantitative estimate of drug-likeness (QED) is 0.326. The van der Waals surface area contributed by atoms with Crippen LogP contribution < -0.4 is 0 Å². The first kappa shape index (κ1) is 20.6. The second-order valence-corrected chi connectivity index (χ2v) is 8.14. The van der Waals surface area contributed by atoms with Crippen LogP contribution >= 0.6 is 0 Å². The molecular formula is C23H32N2O3. The lowest BCUT2D eigenvalue weighted by Gasteiger charge is -2.51. The van der Waals surface area contributed by atoms with E-state index in [1.54, 1.807) is 7.11 Å². The van der Waals surface area contributed by atoms with Crippen LogP contribution in [-0.2, 0) is 14.3 Å². The summed E-state index contributed by atoms with van der Waals surface area (Å²) < 4.78 is 10.6.